The first kappa shape index (κ1) is 11.6. The number of rotatable bonds is 3. The van der Waals surface area contributed by atoms with Crippen LogP contribution in [0, 0.1) is 5.92 Å². The Morgan fingerprint density at radius 2 is 2.08 bits per heavy atom. The van der Waals surface area contributed by atoms with Crippen molar-refractivity contribution in [3.8, 4) is 0 Å². The topological polar surface area (TPSA) is 29.1 Å². The number of carbonyl (C=O) groups is 1. The quantitative estimate of drug-likeness (QED) is 0.735. The highest BCUT2D eigenvalue weighted by Gasteiger charge is 2.25. The minimum Gasteiger partial charge on any atom is -0.350 e. The lowest BCUT2D eigenvalue weighted by molar-refractivity contribution is -0.128. The van der Waals surface area contributed by atoms with Gasteiger partial charge < -0.3 is 5.32 Å². The van der Waals surface area contributed by atoms with Gasteiger partial charge in [0.25, 0.3) is 6.43 Å². The van der Waals surface area contributed by atoms with Gasteiger partial charge in [-0.15, -0.1) is 12.4 Å². The number of halogens is 3. The van der Waals surface area contributed by atoms with Crippen molar-refractivity contribution in [2.45, 2.75) is 25.7 Å². The van der Waals surface area contributed by atoms with E-state index in [2.05, 4.69) is 5.32 Å². The molecule has 5 heteroatoms. The van der Waals surface area contributed by atoms with Gasteiger partial charge in [0, 0.05) is 5.92 Å². The standard InChI is InChI=1S/C7H11F2NO.ClH/c8-6(9)4-10-7(11)5-2-1-3-5;/h5-6H,1-4H2,(H,10,11);1H. The van der Waals surface area contributed by atoms with Crippen LogP contribution in [0.5, 0.6) is 0 Å². The number of hydrogen-bond acceptors (Lipinski definition) is 1. The van der Waals surface area contributed by atoms with Crippen LogP contribution in [0.1, 0.15) is 19.3 Å². The van der Waals surface area contributed by atoms with Gasteiger partial charge >= 0.3 is 0 Å². The molecule has 0 aliphatic heterocycles. The monoisotopic (exact) mass is 199 g/mol. The average Bonchev–Trinajstić information content (AvgIpc) is 1.79. The second-order valence-electron chi connectivity index (χ2n) is 2.76. The maximum Gasteiger partial charge on any atom is 0.255 e. The van der Waals surface area contributed by atoms with Gasteiger partial charge in [0.05, 0.1) is 6.54 Å². The summed E-state index contributed by atoms with van der Waals surface area (Å²) < 4.78 is 23.1. The van der Waals surface area contributed by atoms with E-state index in [-0.39, 0.29) is 24.2 Å². The Bertz CT molecular complexity index is 150. The van der Waals surface area contributed by atoms with Gasteiger partial charge in [-0.2, -0.15) is 0 Å². The Labute approximate surface area is 76.1 Å². The molecule has 0 radical (unpaired) electrons. The zero-order chi connectivity index (χ0) is 8.27. The minimum absolute atomic E-state index is 0. The largest absolute Gasteiger partial charge is 0.350 e. The first-order chi connectivity index (χ1) is 5.20. The molecule has 0 unspecified atom stereocenters. The molecule has 0 aromatic rings. The second kappa shape index (κ2) is 5.30. The maximum atomic E-state index is 11.6. The average molecular weight is 200 g/mol. The fourth-order valence-electron chi connectivity index (χ4n) is 0.993. The van der Waals surface area contributed by atoms with Gasteiger partial charge in [-0.25, -0.2) is 8.78 Å². The van der Waals surface area contributed by atoms with E-state index in [0.29, 0.717) is 0 Å². The Morgan fingerprint density at radius 1 is 1.50 bits per heavy atom. The van der Waals surface area contributed by atoms with Crippen molar-refractivity contribution in [2.24, 2.45) is 5.92 Å². The summed E-state index contributed by atoms with van der Waals surface area (Å²) in [4.78, 5) is 10.9. The van der Waals surface area contributed by atoms with Crippen molar-refractivity contribution in [3.05, 3.63) is 0 Å². The summed E-state index contributed by atoms with van der Waals surface area (Å²) in [6.07, 6.45) is 0.329. The van der Waals surface area contributed by atoms with Crippen LogP contribution in [0.4, 0.5) is 8.78 Å². The van der Waals surface area contributed by atoms with Crippen LogP contribution in [0.3, 0.4) is 0 Å². The van der Waals surface area contributed by atoms with Crippen molar-refractivity contribution < 1.29 is 13.6 Å². The Morgan fingerprint density at radius 3 is 2.42 bits per heavy atom. The van der Waals surface area contributed by atoms with Crippen LogP contribution in [0.2, 0.25) is 0 Å². The van der Waals surface area contributed by atoms with E-state index < -0.39 is 13.0 Å². The summed E-state index contributed by atoms with van der Waals surface area (Å²) in [6, 6.07) is 0. The third-order valence-corrected chi connectivity index (χ3v) is 1.91. The number of amides is 1. The van der Waals surface area contributed by atoms with Crippen molar-refractivity contribution in [2.75, 3.05) is 6.54 Å². The zero-order valence-electron chi connectivity index (χ0n) is 6.56. The molecule has 1 aliphatic rings. The molecule has 1 amide bonds. The van der Waals surface area contributed by atoms with Gasteiger partial charge in [0.1, 0.15) is 0 Å². The molecule has 2 nitrogen and oxygen atoms in total. The molecule has 1 saturated carbocycles. The van der Waals surface area contributed by atoms with E-state index in [4.69, 9.17) is 0 Å². The van der Waals surface area contributed by atoms with E-state index >= 15 is 0 Å². The SMILES string of the molecule is Cl.O=C(NCC(F)F)C1CCC1. The van der Waals surface area contributed by atoms with Crippen LogP contribution in [0.15, 0.2) is 0 Å². The summed E-state index contributed by atoms with van der Waals surface area (Å²) in [7, 11) is 0. The summed E-state index contributed by atoms with van der Waals surface area (Å²) in [5.41, 5.74) is 0. The van der Waals surface area contributed by atoms with Gasteiger partial charge in [-0.3, -0.25) is 4.79 Å². The molecule has 0 aromatic carbocycles. The van der Waals surface area contributed by atoms with Crippen molar-refractivity contribution in [1.82, 2.24) is 5.32 Å². The zero-order valence-corrected chi connectivity index (χ0v) is 7.37. The highest BCUT2D eigenvalue weighted by molar-refractivity contribution is 5.85. The van der Waals surface area contributed by atoms with E-state index in [1.807, 2.05) is 0 Å². The lowest BCUT2D eigenvalue weighted by Crippen LogP contribution is -2.36. The molecule has 0 aromatic heterocycles. The molecule has 72 valence electrons. The van der Waals surface area contributed by atoms with Gasteiger partial charge in [-0.1, -0.05) is 6.42 Å². The first-order valence-corrected chi connectivity index (χ1v) is 3.76. The summed E-state index contributed by atoms with van der Waals surface area (Å²) in [5.74, 6) is -0.203. The Hall–Kier alpha value is -0.380. The highest BCUT2D eigenvalue weighted by Crippen LogP contribution is 2.26. The maximum absolute atomic E-state index is 11.6. The molecule has 0 saturated heterocycles. The lowest BCUT2D eigenvalue weighted by atomic mass is 9.85. The molecule has 1 rings (SSSR count). The molecule has 1 N–H and O–H groups in total. The number of hydrogen-bond donors (Lipinski definition) is 1. The van der Waals surface area contributed by atoms with Crippen molar-refractivity contribution >= 4 is 18.3 Å². The fraction of sp³-hybridized carbons (Fsp3) is 0.857. The summed E-state index contributed by atoms with van der Waals surface area (Å²) >= 11 is 0. The smallest absolute Gasteiger partial charge is 0.255 e. The minimum atomic E-state index is -2.43. The highest BCUT2D eigenvalue weighted by atomic mass is 35.5. The van der Waals surface area contributed by atoms with Crippen LogP contribution in [0.25, 0.3) is 0 Å². The molecule has 0 spiro atoms. The van der Waals surface area contributed by atoms with Gasteiger partial charge in [-0.05, 0) is 12.8 Å². The molecule has 0 bridgehead atoms. The summed E-state index contributed by atoms with van der Waals surface area (Å²) in [5, 5.41) is 2.20. The fourth-order valence-corrected chi connectivity index (χ4v) is 0.993. The third-order valence-electron chi connectivity index (χ3n) is 1.91. The van der Waals surface area contributed by atoms with Crippen LogP contribution in [-0.2, 0) is 4.79 Å². The second-order valence-corrected chi connectivity index (χ2v) is 2.76. The number of alkyl halides is 2. The molecule has 0 heterocycles. The van der Waals surface area contributed by atoms with Gasteiger partial charge in [0.2, 0.25) is 5.91 Å². The van der Waals surface area contributed by atoms with Gasteiger partial charge in [0.15, 0.2) is 0 Å². The molecule has 0 atom stereocenters. The lowest BCUT2D eigenvalue weighted by Gasteiger charge is -2.23. The van der Waals surface area contributed by atoms with Crippen LogP contribution < -0.4 is 5.32 Å². The van der Waals surface area contributed by atoms with E-state index in [0.717, 1.165) is 19.3 Å². The van der Waals surface area contributed by atoms with Crippen LogP contribution in [-0.4, -0.2) is 18.9 Å². The predicted octanol–water partition coefficient (Wildman–Crippen LogP) is 1.59. The molecular formula is C7H12ClF2NO. The Kier molecular flexibility index (Phi) is 5.13. The van der Waals surface area contributed by atoms with Crippen molar-refractivity contribution in [3.63, 3.8) is 0 Å². The van der Waals surface area contributed by atoms with Crippen LogP contribution >= 0.6 is 12.4 Å². The third kappa shape index (κ3) is 3.34. The van der Waals surface area contributed by atoms with Crippen molar-refractivity contribution in [1.29, 1.82) is 0 Å². The van der Waals surface area contributed by atoms with E-state index in [9.17, 15) is 13.6 Å². The van der Waals surface area contributed by atoms with E-state index in [1.54, 1.807) is 0 Å². The molecule has 1 aliphatic carbocycles. The van der Waals surface area contributed by atoms with E-state index in [1.165, 1.54) is 0 Å². The molecular weight excluding hydrogens is 188 g/mol. The first-order valence-electron chi connectivity index (χ1n) is 3.76. The number of nitrogens with one attached hydrogen (secondary N) is 1. The predicted molar refractivity (Wildman–Crippen MR) is 43.6 cm³/mol. The Balaban J connectivity index is 0.00000121. The summed E-state index contributed by atoms with van der Waals surface area (Å²) in [6.45, 7) is -0.505. The number of carbonyl (C=O) groups excluding carboxylic acids is 1. The molecule has 12 heavy (non-hydrogen) atoms. The normalized spacial score (nSPS) is 16.6. The molecule has 1 fully saturated rings.